The molecule has 2 rings (SSSR count). The highest BCUT2D eigenvalue weighted by atomic mass is 16.2. The van der Waals surface area contributed by atoms with Gasteiger partial charge in [-0.1, -0.05) is 0 Å². The van der Waals surface area contributed by atoms with Crippen LogP contribution in [0, 0.1) is 13.8 Å². The Morgan fingerprint density at radius 2 is 1.32 bits per heavy atom. The predicted octanol–water partition coefficient (Wildman–Crippen LogP) is 1.66. The first-order chi connectivity index (χ1) is 9.06. The third-order valence-corrected chi connectivity index (χ3v) is 2.52. The Morgan fingerprint density at radius 1 is 0.895 bits per heavy atom. The van der Waals surface area contributed by atoms with Crippen LogP contribution in [0.1, 0.15) is 32.1 Å². The first-order valence-electron chi connectivity index (χ1n) is 5.77. The van der Waals surface area contributed by atoms with Crippen molar-refractivity contribution in [1.82, 2.24) is 15.3 Å². The van der Waals surface area contributed by atoms with Gasteiger partial charge in [0.2, 0.25) is 0 Å². The van der Waals surface area contributed by atoms with Crippen LogP contribution in [-0.2, 0) is 0 Å². The monoisotopic (exact) mass is 255 g/mol. The van der Waals surface area contributed by atoms with Crippen LogP contribution in [0.2, 0.25) is 0 Å². The van der Waals surface area contributed by atoms with Gasteiger partial charge in [-0.25, -0.2) is 0 Å². The molecule has 0 saturated carbocycles. The van der Waals surface area contributed by atoms with Crippen molar-refractivity contribution in [3.8, 4) is 0 Å². The summed E-state index contributed by atoms with van der Waals surface area (Å²) >= 11 is 0. The van der Waals surface area contributed by atoms with E-state index in [1.807, 2.05) is 13.8 Å². The number of hydrogen-bond donors (Lipinski definition) is 1. The molecule has 0 bridgehead atoms. The van der Waals surface area contributed by atoms with Gasteiger partial charge in [-0.2, -0.15) is 0 Å². The minimum Gasteiger partial charge on any atom is -0.285 e. The van der Waals surface area contributed by atoms with Gasteiger partial charge in [-0.05, 0) is 49.2 Å². The summed E-state index contributed by atoms with van der Waals surface area (Å²) < 4.78 is 0. The third-order valence-electron chi connectivity index (χ3n) is 2.52. The van der Waals surface area contributed by atoms with Gasteiger partial charge in [0.05, 0.1) is 0 Å². The van der Waals surface area contributed by atoms with Crippen molar-refractivity contribution in [3.63, 3.8) is 0 Å². The zero-order valence-electron chi connectivity index (χ0n) is 10.7. The Bertz CT molecular complexity index is 583. The lowest BCUT2D eigenvalue weighted by atomic mass is 10.2. The third kappa shape index (κ3) is 3.22. The average molecular weight is 255 g/mol. The molecule has 2 amide bonds. The quantitative estimate of drug-likeness (QED) is 0.828. The molecule has 1 N–H and O–H groups in total. The maximum atomic E-state index is 11.8. The molecule has 0 aromatic carbocycles. The molecule has 5 nitrogen and oxygen atoms in total. The Balaban J connectivity index is 2.13. The molecule has 2 aromatic rings. The molecule has 0 atom stereocenters. The lowest BCUT2D eigenvalue weighted by Crippen LogP contribution is -2.31. The summed E-state index contributed by atoms with van der Waals surface area (Å²) in [5.74, 6) is -1.06. The second-order valence-electron chi connectivity index (χ2n) is 4.22. The number of nitrogens with one attached hydrogen (secondary N) is 1. The smallest absolute Gasteiger partial charge is 0.276 e. The summed E-state index contributed by atoms with van der Waals surface area (Å²) in [5, 5.41) is 2.26. The molecule has 5 heteroatoms. The summed E-state index contributed by atoms with van der Waals surface area (Å²) in [4.78, 5) is 31.5. The SMILES string of the molecule is Cc1ccnc(C(=O)NC(=O)c2cc(C)ccn2)c1. The van der Waals surface area contributed by atoms with Gasteiger partial charge in [0.1, 0.15) is 11.4 Å². The van der Waals surface area contributed by atoms with E-state index in [9.17, 15) is 9.59 Å². The van der Waals surface area contributed by atoms with Crippen molar-refractivity contribution in [1.29, 1.82) is 0 Å². The molecule has 0 aliphatic rings. The molecule has 0 saturated heterocycles. The second kappa shape index (κ2) is 5.39. The Kier molecular flexibility index (Phi) is 3.66. The summed E-state index contributed by atoms with van der Waals surface area (Å²) in [5.41, 5.74) is 2.23. The number of imide groups is 1. The fourth-order valence-electron chi connectivity index (χ4n) is 1.55. The number of aryl methyl sites for hydroxylation is 2. The van der Waals surface area contributed by atoms with E-state index in [4.69, 9.17) is 0 Å². The molecule has 0 unspecified atom stereocenters. The lowest BCUT2D eigenvalue weighted by Gasteiger charge is -2.04. The molecular weight excluding hydrogens is 242 g/mol. The van der Waals surface area contributed by atoms with E-state index in [0.29, 0.717) is 0 Å². The van der Waals surface area contributed by atoms with E-state index in [2.05, 4.69) is 15.3 Å². The zero-order chi connectivity index (χ0) is 13.8. The lowest BCUT2D eigenvalue weighted by molar-refractivity contribution is 0.0843. The van der Waals surface area contributed by atoms with Crippen LogP contribution >= 0.6 is 0 Å². The molecule has 96 valence electrons. The minimum atomic E-state index is -0.531. The number of aromatic nitrogens is 2. The highest BCUT2D eigenvalue weighted by Crippen LogP contribution is 2.02. The van der Waals surface area contributed by atoms with Crippen molar-refractivity contribution in [2.24, 2.45) is 0 Å². The van der Waals surface area contributed by atoms with Crippen LogP contribution in [0.15, 0.2) is 36.7 Å². The van der Waals surface area contributed by atoms with Crippen molar-refractivity contribution >= 4 is 11.8 Å². The van der Waals surface area contributed by atoms with Crippen molar-refractivity contribution < 1.29 is 9.59 Å². The van der Waals surface area contributed by atoms with Crippen LogP contribution in [0.4, 0.5) is 0 Å². The number of rotatable bonds is 2. The van der Waals surface area contributed by atoms with E-state index < -0.39 is 11.8 Å². The van der Waals surface area contributed by atoms with Gasteiger partial charge in [0.15, 0.2) is 0 Å². The van der Waals surface area contributed by atoms with Gasteiger partial charge in [0.25, 0.3) is 11.8 Å². The summed E-state index contributed by atoms with van der Waals surface area (Å²) in [6, 6.07) is 6.79. The summed E-state index contributed by atoms with van der Waals surface area (Å²) in [6.07, 6.45) is 3.05. The maximum absolute atomic E-state index is 11.8. The number of amides is 2. The molecule has 0 aliphatic carbocycles. The first-order valence-corrected chi connectivity index (χ1v) is 5.77. The van der Waals surface area contributed by atoms with E-state index in [-0.39, 0.29) is 11.4 Å². The number of hydrogen-bond acceptors (Lipinski definition) is 4. The molecule has 2 heterocycles. The zero-order valence-corrected chi connectivity index (χ0v) is 10.7. The molecule has 0 aliphatic heterocycles. The normalized spacial score (nSPS) is 10.0. The van der Waals surface area contributed by atoms with Crippen LogP contribution < -0.4 is 5.32 Å². The predicted molar refractivity (Wildman–Crippen MR) is 69.7 cm³/mol. The number of pyridine rings is 2. The molecule has 0 radical (unpaired) electrons. The van der Waals surface area contributed by atoms with Gasteiger partial charge in [-0.15, -0.1) is 0 Å². The highest BCUT2D eigenvalue weighted by molar-refractivity contribution is 6.08. The largest absolute Gasteiger partial charge is 0.285 e. The molecule has 0 fully saturated rings. The van der Waals surface area contributed by atoms with E-state index in [1.54, 1.807) is 24.3 Å². The summed E-state index contributed by atoms with van der Waals surface area (Å²) in [6.45, 7) is 3.70. The maximum Gasteiger partial charge on any atom is 0.276 e. The second-order valence-corrected chi connectivity index (χ2v) is 4.22. The number of carbonyl (C=O) groups excluding carboxylic acids is 2. The summed E-state index contributed by atoms with van der Waals surface area (Å²) in [7, 11) is 0. The van der Waals surface area contributed by atoms with Crippen molar-refractivity contribution in [2.45, 2.75) is 13.8 Å². The van der Waals surface area contributed by atoms with Crippen molar-refractivity contribution in [2.75, 3.05) is 0 Å². The average Bonchev–Trinajstić information content (AvgIpc) is 2.38. The number of carbonyl (C=O) groups is 2. The van der Waals surface area contributed by atoms with E-state index in [0.717, 1.165) is 11.1 Å². The highest BCUT2D eigenvalue weighted by Gasteiger charge is 2.14. The number of nitrogens with zero attached hydrogens (tertiary/aromatic N) is 2. The molecule has 0 spiro atoms. The van der Waals surface area contributed by atoms with Gasteiger partial charge in [-0.3, -0.25) is 24.9 Å². The Morgan fingerprint density at radius 3 is 1.68 bits per heavy atom. The minimum absolute atomic E-state index is 0.209. The Labute approximate surface area is 110 Å². The van der Waals surface area contributed by atoms with E-state index >= 15 is 0 Å². The fourth-order valence-corrected chi connectivity index (χ4v) is 1.55. The molecule has 19 heavy (non-hydrogen) atoms. The first kappa shape index (κ1) is 12.9. The molecular formula is C14H13N3O2. The van der Waals surface area contributed by atoms with Crippen molar-refractivity contribution in [3.05, 3.63) is 59.2 Å². The van der Waals surface area contributed by atoms with Crippen LogP contribution in [-0.4, -0.2) is 21.8 Å². The topological polar surface area (TPSA) is 72.0 Å². The Hall–Kier alpha value is -2.56. The van der Waals surface area contributed by atoms with Gasteiger partial charge < -0.3 is 0 Å². The standard InChI is InChI=1S/C14H13N3O2/c1-9-3-5-15-11(7-9)13(18)17-14(19)12-8-10(2)4-6-16-12/h3-8H,1-2H3,(H,17,18,19). The molecule has 2 aromatic heterocycles. The van der Waals surface area contributed by atoms with Gasteiger partial charge in [0, 0.05) is 12.4 Å². The fraction of sp³-hybridized carbons (Fsp3) is 0.143. The van der Waals surface area contributed by atoms with Gasteiger partial charge >= 0.3 is 0 Å². The van der Waals surface area contributed by atoms with Crippen LogP contribution in [0.25, 0.3) is 0 Å². The van der Waals surface area contributed by atoms with Crippen LogP contribution in [0.3, 0.4) is 0 Å². The van der Waals surface area contributed by atoms with Crippen LogP contribution in [0.5, 0.6) is 0 Å². The van der Waals surface area contributed by atoms with E-state index in [1.165, 1.54) is 12.4 Å².